The molecule has 0 aliphatic carbocycles. The van der Waals surface area contributed by atoms with Crippen LogP contribution in [0.15, 0.2) is 41.5 Å². The Balaban J connectivity index is 2.09. The summed E-state index contributed by atoms with van der Waals surface area (Å²) in [6.45, 7) is -0.493. The van der Waals surface area contributed by atoms with Crippen molar-refractivity contribution in [2.45, 2.75) is 0 Å². The first-order valence-electron chi connectivity index (χ1n) is 7.22. The summed E-state index contributed by atoms with van der Waals surface area (Å²) in [5.41, 5.74) is 3.21. The number of methoxy groups -OCH3 is 1. The van der Waals surface area contributed by atoms with E-state index < -0.39 is 24.3 Å². The number of carbonyl (C=O) groups excluding carboxylic acids is 1. The first kappa shape index (κ1) is 19.6. The van der Waals surface area contributed by atoms with Crippen molar-refractivity contribution in [1.82, 2.24) is 5.43 Å². The number of ether oxygens (including phenoxy) is 2. The summed E-state index contributed by atoms with van der Waals surface area (Å²) in [5, 5.41) is 12.6. The molecule has 0 heterocycles. The van der Waals surface area contributed by atoms with Gasteiger partial charge in [-0.2, -0.15) is 5.10 Å². The number of amides is 1. The Bertz CT molecular complexity index is 840. The van der Waals surface area contributed by atoms with E-state index in [0.717, 1.165) is 0 Å². The number of benzene rings is 2. The molecule has 0 fully saturated rings. The van der Waals surface area contributed by atoms with E-state index in [0.29, 0.717) is 20.6 Å². The van der Waals surface area contributed by atoms with Crippen LogP contribution in [0.25, 0.3) is 0 Å². The Morgan fingerprint density at radius 1 is 1.31 bits per heavy atom. The summed E-state index contributed by atoms with van der Waals surface area (Å²) in [6.07, 6.45) is 1.40. The molecule has 0 radical (unpaired) electrons. The lowest BCUT2D eigenvalue weighted by molar-refractivity contribution is -0.139. The Labute approximate surface area is 162 Å². The number of nitrogens with one attached hydrogen (secondary N) is 1. The van der Waals surface area contributed by atoms with Gasteiger partial charge < -0.3 is 14.6 Å². The Kier molecular flexibility index (Phi) is 6.89. The summed E-state index contributed by atoms with van der Waals surface area (Å²) >= 11 is 1.98. The molecule has 0 bridgehead atoms. The monoisotopic (exact) mass is 472 g/mol. The van der Waals surface area contributed by atoms with Gasteiger partial charge in [0.15, 0.2) is 18.1 Å². The van der Waals surface area contributed by atoms with E-state index >= 15 is 0 Å². The van der Waals surface area contributed by atoms with Crippen LogP contribution >= 0.6 is 22.6 Å². The van der Waals surface area contributed by atoms with Gasteiger partial charge in [0, 0.05) is 5.56 Å². The second-order valence-corrected chi connectivity index (χ2v) is 6.08. The molecule has 0 atom stereocenters. The highest BCUT2D eigenvalue weighted by molar-refractivity contribution is 14.1. The number of hydrogen-bond acceptors (Lipinski definition) is 5. The zero-order chi connectivity index (χ0) is 19.1. The van der Waals surface area contributed by atoms with E-state index in [4.69, 9.17) is 14.6 Å². The van der Waals surface area contributed by atoms with Crippen LogP contribution in [0.5, 0.6) is 11.5 Å². The average molecular weight is 472 g/mol. The lowest BCUT2D eigenvalue weighted by Crippen LogP contribution is -2.17. The van der Waals surface area contributed by atoms with Gasteiger partial charge in [-0.3, -0.25) is 4.79 Å². The molecule has 7 nitrogen and oxygen atoms in total. The number of carboxylic acid groups (broad SMARTS) is 1. The summed E-state index contributed by atoms with van der Waals surface area (Å²) in [5.74, 6) is -1.37. The van der Waals surface area contributed by atoms with Crippen molar-refractivity contribution in [2.75, 3.05) is 13.7 Å². The topological polar surface area (TPSA) is 97.2 Å². The van der Waals surface area contributed by atoms with Gasteiger partial charge in [-0.05, 0) is 64.6 Å². The van der Waals surface area contributed by atoms with Crippen LogP contribution in [-0.4, -0.2) is 36.9 Å². The van der Waals surface area contributed by atoms with Crippen LogP contribution in [0.2, 0.25) is 0 Å². The third kappa shape index (κ3) is 5.41. The van der Waals surface area contributed by atoms with Crippen molar-refractivity contribution < 1.29 is 28.6 Å². The van der Waals surface area contributed by atoms with Crippen LogP contribution < -0.4 is 14.9 Å². The predicted molar refractivity (Wildman–Crippen MR) is 100 cm³/mol. The number of carboxylic acids is 1. The molecular weight excluding hydrogens is 458 g/mol. The second kappa shape index (κ2) is 9.13. The number of hydrogen-bond donors (Lipinski definition) is 2. The van der Waals surface area contributed by atoms with Crippen molar-refractivity contribution >= 4 is 40.7 Å². The summed E-state index contributed by atoms with van der Waals surface area (Å²) in [6, 6.07) is 8.34. The summed E-state index contributed by atoms with van der Waals surface area (Å²) < 4.78 is 23.9. The third-order valence-corrected chi connectivity index (χ3v) is 3.88. The van der Waals surface area contributed by atoms with Gasteiger partial charge in [0.05, 0.1) is 16.9 Å². The Morgan fingerprint density at radius 2 is 2.00 bits per heavy atom. The van der Waals surface area contributed by atoms with Crippen LogP contribution in [0.3, 0.4) is 0 Å². The molecule has 1 amide bonds. The first-order chi connectivity index (χ1) is 12.4. The van der Waals surface area contributed by atoms with Gasteiger partial charge in [0.1, 0.15) is 5.82 Å². The van der Waals surface area contributed by atoms with E-state index in [9.17, 15) is 14.0 Å². The maximum absolute atomic E-state index is 12.8. The summed E-state index contributed by atoms with van der Waals surface area (Å²) in [7, 11) is 1.43. The van der Waals surface area contributed by atoms with E-state index in [-0.39, 0.29) is 5.56 Å². The van der Waals surface area contributed by atoms with E-state index in [1.807, 2.05) is 22.6 Å². The largest absolute Gasteiger partial charge is 0.493 e. The minimum atomic E-state index is -1.10. The molecule has 26 heavy (non-hydrogen) atoms. The van der Waals surface area contributed by atoms with Crippen LogP contribution in [0.4, 0.5) is 4.39 Å². The highest BCUT2D eigenvalue weighted by atomic mass is 127. The van der Waals surface area contributed by atoms with Gasteiger partial charge in [-0.1, -0.05) is 0 Å². The molecule has 2 aromatic carbocycles. The summed E-state index contributed by atoms with van der Waals surface area (Å²) in [4.78, 5) is 22.5. The quantitative estimate of drug-likeness (QED) is 0.367. The fourth-order valence-corrected chi connectivity index (χ4v) is 2.70. The normalized spacial score (nSPS) is 10.6. The van der Waals surface area contributed by atoms with Gasteiger partial charge >= 0.3 is 5.97 Å². The maximum Gasteiger partial charge on any atom is 0.341 e. The SMILES string of the molecule is COc1cc(/C=N\NC(=O)c2ccc(F)cc2)cc(I)c1OCC(=O)O. The lowest BCUT2D eigenvalue weighted by Gasteiger charge is -2.12. The van der Waals surface area contributed by atoms with Gasteiger partial charge in [-0.25, -0.2) is 14.6 Å². The molecule has 2 aromatic rings. The number of aliphatic carboxylic acids is 1. The number of halogens is 2. The minimum absolute atomic E-state index is 0.271. The molecule has 136 valence electrons. The molecule has 0 unspecified atom stereocenters. The standard InChI is InChI=1S/C17H14FIN2O5/c1-25-14-7-10(6-13(19)16(14)26-9-15(22)23)8-20-21-17(24)11-2-4-12(18)5-3-11/h2-8H,9H2,1H3,(H,21,24)(H,22,23)/b20-8-. The highest BCUT2D eigenvalue weighted by Crippen LogP contribution is 2.33. The molecule has 0 saturated carbocycles. The fourth-order valence-electron chi connectivity index (χ4n) is 1.92. The van der Waals surface area contributed by atoms with E-state index in [1.165, 1.54) is 37.6 Å². The molecule has 2 rings (SSSR count). The fraction of sp³-hybridized carbons (Fsp3) is 0.118. The first-order valence-corrected chi connectivity index (χ1v) is 8.29. The lowest BCUT2D eigenvalue weighted by atomic mass is 10.2. The number of rotatable bonds is 7. The molecular formula is C17H14FIN2O5. The molecule has 0 aliphatic heterocycles. The van der Waals surface area contributed by atoms with Crippen molar-refractivity contribution in [3.05, 3.63) is 56.9 Å². The van der Waals surface area contributed by atoms with Crippen molar-refractivity contribution in [1.29, 1.82) is 0 Å². The average Bonchev–Trinajstić information content (AvgIpc) is 2.60. The minimum Gasteiger partial charge on any atom is -0.493 e. The smallest absolute Gasteiger partial charge is 0.341 e. The van der Waals surface area contributed by atoms with Gasteiger partial charge in [-0.15, -0.1) is 0 Å². The molecule has 2 N–H and O–H groups in total. The number of hydrazone groups is 1. The zero-order valence-corrected chi connectivity index (χ0v) is 15.7. The molecule has 9 heteroatoms. The zero-order valence-electron chi connectivity index (χ0n) is 13.5. The number of carbonyl (C=O) groups is 2. The third-order valence-electron chi connectivity index (χ3n) is 3.08. The van der Waals surface area contributed by atoms with Crippen LogP contribution in [0, 0.1) is 9.39 Å². The molecule has 0 aromatic heterocycles. The van der Waals surface area contributed by atoms with Gasteiger partial charge in [0.2, 0.25) is 0 Å². The Hall–Kier alpha value is -2.69. The van der Waals surface area contributed by atoms with Crippen LogP contribution in [-0.2, 0) is 4.79 Å². The van der Waals surface area contributed by atoms with E-state index in [1.54, 1.807) is 12.1 Å². The predicted octanol–water partition coefficient (Wildman–Crippen LogP) is 2.67. The van der Waals surface area contributed by atoms with Crippen LogP contribution in [0.1, 0.15) is 15.9 Å². The van der Waals surface area contributed by atoms with Crippen molar-refractivity contribution in [2.24, 2.45) is 5.10 Å². The van der Waals surface area contributed by atoms with Gasteiger partial charge in [0.25, 0.3) is 5.91 Å². The second-order valence-electron chi connectivity index (χ2n) is 4.92. The van der Waals surface area contributed by atoms with E-state index in [2.05, 4.69) is 10.5 Å². The maximum atomic E-state index is 12.8. The highest BCUT2D eigenvalue weighted by Gasteiger charge is 2.12. The van der Waals surface area contributed by atoms with Crippen molar-refractivity contribution in [3.63, 3.8) is 0 Å². The van der Waals surface area contributed by atoms with Crippen molar-refractivity contribution in [3.8, 4) is 11.5 Å². The Morgan fingerprint density at radius 3 is 2.62 bits per heavy atom. The number of nitrogens with zero attached hydrogens (tertiary/aromatic N) is 1. The molecule has 0 saturated heterocycles. The molecule has 0 spiro atoms. The molecule has 0 aliphatic rings.